The summed E-state index contributed by atoms with van der Waals surface area (Å²) < 4.78 is 0. The van der Waals surface area contributed by atoms with Crippen molar-refractivity contribution < 1.29 is 4.79 Å². The summed E-state index contributed by atoms with van der Waals surface area (Å²) in [7, 11) is 0. The highest BCUT2D eigenvalue weighted by Crippen LogP contribution is 1.98. The van der Waals surface area contributed by atoms with E-state index in [9.17, 15) is 4.79 Å². The first-order chi connectivity index (χ1) is 5.16. The van der Waals surface area contributed by atoms with Crippen molar-refractivity contribution in [3.05, 3.63) is 12.7 Å². The van der Waals surface area contributed by atoms with E-state index < -0.39 is 0 Å². The van der Waals surface area contributed by atoms with E-state index in [4.69, 9.17) is 0 Å². The van der Waals surface area contributed by atoms with Gasteiger partial charge in [0.15, 0.2) is 0 Å². The summed E-state index contributed by atoms with van der Waals surface area (Å²) in [4.78, 5) is 11.0. The van der Waals surface area contributed by atoms with Crippen molar-refractivity contribution in [1.82, 2.24) is 5.32 Å². The lowest BCUT2D eigenvalue weighted by atomic mass is 10.4. The number of carbonyl (C=O) groups is 1. The van der Waals surface area contributed by atoms with Crippen LogP contribution in [0, 0.1) is 0 Å². The van der Waals surface area contributed by atoms with Crippen LogP contribution in [0.4, 0.5) is 0 Å². The van der Waals surface area contributed by atoms with Crippen LogP contribution in [0.5, 0.6) is 0 Å². The molecule has 0 unspecified atom stereocenters. The highest BCUT2D eigenvalue weighted by Gasteiger charge is 2.00. The topological polar surface area (TPSA) is 29.1 Å². The minimum Gasteiger partial charge on any atom is -0.353 e. The molecule has 0 bridgehead atoms. The number of hydrogen-bond acceptors (Lipinski definition) is 2. The van der Waals surface area contributed by atoms with Crippen molar-refractivity contribution in [2.75, 3.05) is 11.5 Å². The van der Waals surface area contributed by atoms with Crippen LogP contribution in [0.1, 0.15) is 13.8 Å². The zero-order valence-corrected chi connectivity index (χ0v) is 7.91. The molecule has 0 spiro atoms. The van der Waals surface area contributed by atoms with Crippen LogP contribution >= 0.6 is 11.8 Å². The van der Waals surface area contributed by atoms with Gasteiger partial charge in [0.05, 0.1) is 5.75 Å². The zero-order valence-electron chi connectivity index (χ0n) is 7.09. The predicted molar refractivity (Wildman–Crippen MR) is 50.8 cm³/mol. The molecule has 0 aromatic carbocycles. The second-order valence-corrected chi connectivity index (χ2v) is 3.56. The first kappa shape index (κ1) is 10.6. The lowest BCUT2D eigenvalue weighted by Crippen LogP contribution is -2.31. The van der Waals surface area contributed by atoms with E-state index in [2.05, 4.69) is 11.9 Å². The molecule has 64 valence electrons. The third kappa shape index (κ3) is 7.46. The summed E-state index contributed by atoms with van der Waals surface area (Å²) in [5, 5.41) is 2.81. The summed E-state index contributed by atoms with van der Waals surface area (Å²) in [6.45, 7) is 7.47. The van der Waals surface area contributed by atoms with Gasteiger partial charge in [-0.15, -0.1) is 18.3 Å². The average Bonchev–Trinajstić information content (AvgIpc) is 1.86. The van der Waals surface area contributed by atoms with E-state index in [1.165, 1.54) is 0 Å². The molecule has 0 saturated carbocycles. The summed E-state index contributed by atoms with van der Waals surface area (Å²) >= 11 is 1.57. The van der Waals surface area contributed by atoms with E-state index in [1.807, 2.05) is 13.8 Å². The maximum Gasteiger partial charge on any atom is 0.230 e. The normalized spacial score (nSPS) is 9.73. The smallest absolute Gasteiger partial charge is 0.230 e. The van der Waals surface area contributed by atoms with Crippen LogP contribution < -0.4 is 5.32 Å². The van der Waals surface area contributed by atoms with Gasteiger partial charge in [0, 0.05) is 11.8 Å². The molecule has 3 heteroatoms. The second kappa shape index (κ2) is 6.28. The third-order valence-corrected chi connectivity index (χ3v) is 1.86. The molecule has 0 atom stereocenters. The number of rotatable bonds is 5. The Labute approximate surface area is 72.4 Å². The minimum atomic E-state index is 0.104. The van der Waals surface area contributed by atoms with Crippen molar-refractivity contribution >= 4 is 17.7 Å². The Morgan fingerprint density at radius 2 is 2.36 bits per heavy atom. The first-order valence-corrected chi connectivity index (χ1v) is 4.80. The van der Waals surface area contributed by atoms with Crippen molar-refractivity contribution in [3.63, 3.8) is 0 Å². The fourth-order valence-electron chi connectivity index (χ4n) is 0.599. The lowest BCUT2D eigenvalue weighted by molar-refractivity contribution is -0.119. The van der Waals surface area contributed by atoms with Gasteiger partial charge >= 0.3 is 0 Å². The molecule has 0 fully saturated rings. The molecule has 1 N–H and O–H groups in total. The Bertz CT molecular complexity index is 134. The molecule has 0 aliphatic heterocycles. The van der Waals surface area contributed by atoms with Gasteiger partial charge in [0.1, 0.15) is 0 Å². The number of carbonyl (C=O) groups excluding carboxylic acids is 1. The molecule has 0 heterocycles. The molecule has 0 aromatic rings. The van der Waals surface area contributed by atoms with E-state index in [1.54, 1.807) is 17.8 Å². The lowest BCUT2D eigenvalue weighted by Gasteiger charge is -2.06. The van der Waals surface area contributed by atoms with Crippen LogP contribution in [0.2, 0.25) is 0 Å². The molecule has 0 rings (SSSR count). The molecule has 0 radical (unpaired) electrons. The third-order valence-electron chi connectivity index (χ3n) is 0.919. The Balaban J connectivity index is 3.30. The quantitative estimate of drug-likeness (QED) is 0.503. The molecule has 0 aliphatic carbocycles. The van der Waals surface area contributed by atoms with E-state index in [0.717, 1.165) is 5.75 Å². The van der Waals surface area contributed by atoms with Crippen molar-refractivity contribution in [2.45, 2.75) is 19.9 Å². The van der Waals surface area contributed by atoms with Gasteiger partial charge in [-0.1, -0.05) is 6.08 Å². The standard InChI is InChI=1S/C8H15NOS/c1-4-5-11-6-8(10)9-7(2)3/h4,7H,1,5-6H2,2-3H3,(H,9,10). The SMILES string of the molecule is C=CCSCC(=O)NC(C)C. The Morgan fingerprint density at radius 1 is 1.73 bits per heavy atom. The van der Waals surface area contributed by atoms with Gasteiger partial charge in [-0.3, -0.25) is 4.79 Å². The molecule has 0 saturated heterocycles. The fourth-order valence-corrected chi connectivity index (χ4v) is 1.15. The highest BCUT2D eigenvalue weighted by atomic mass is 32.2. The number of thioether (sulfide) groups is 1. The molecule has 0 aromatic heterocycles. The highest BCUT2D eigenvalue weighted by molar-refractivity contribution is 8.00. The number of nitrogens with one attached hydrogen (secondary N) is 1. The van der Waals surface area contributed by atoms with Crippen LogP contribution in [0.15, 0.2) is 12.7 Å². The Hall–Kier alpha value is -0.440. The van der Waals surface area contributed by atoms with Crippen molar-refractivity contribution in [3.8, 4) is 0 Å². The van der Waals surface area contributed by atoms with Gasteiger partial charge < -0.3 is 5.32 Å². The molecule has 11 heavy (non-hydrogen) atoms. The summed E-state index contributed by atoms with van der Waals surface area (Å²) in [5.74, 6) is 1.47. The van der Waals surface area contributed by atoms with Crippen LogP contribution in [0.3, 0.4) is 0 Å². The van der Waals surface area contributed by atoms with Crippen molar-refractivity contribution in [2.24, 2.45) is 0 Å². The summed E-state index contributed by atoms with van der Waals surface area (Å²) in [6.07, 6.45) is 1.80. The number of amides is 1. The van der Waals surface area contributed by atoms with Gasteiger partial charge in [-0.2, -0.15) is 0 Å². The maximum atomic E-state index is 11.0. The van der Waals surface area contributed by atoms with E-state index in [0.29, 0.717) is 5.75 Å². The fraction of sp³-hybridized carbons (Fsp3) is 0.625. The molecule has 0 aliphatic rings. The average molecular weight is 173 g/mol. The number of hydrogen-bond donors (Lipinski definition) is 1. The zero-order chi connectivity index (χ0) is 8.69. The monoisotopic (exact) mass is 173 g/mol. The molecular formula is C8H15NOS. The van der Waals surface area contributed by atoms with Gasteiger partial charge in [-0.05, 0) is 13.8 Å². The molecule has 1 amide bonds. The minimum absolute atomic E-state index is 0.104. The van der Waals surface area contributed by atoms with Crippen LogP contribution in [-0.4, -0.2) is 23.5 Å². The van der Waals surface area contributed by atoms with Gasteiger partial charge in [0.2, 0.25) is 5.91 Å². The van der Waals surface area contributed by atoms with E-state index >= 15 is 0 Å². The van der Waals surface area contributed by atoms with Crippen molar-refractivity contribution in [1.29, 1.82) is 0 Å². The Kier molecular flexibility index (Phi) is 6.03. The summed E-state index contributed by atoms with van der Waals surface area (Å²) in [6, 6.07) is 0.242. The Morgan fingerprint density at radius 3 is 2.82 bits per heavy atom. The summed E-state index contributed by atoms with van der Waals surface area (Å²) in [5.41, 5.74) is 0. The molecule has 2 nitrogen and oxygen atoms in total. The second-order valence-electron chi connectivity index (χ2n) is 2.53. The van der Waals surface area contributed by atoms with Gasteiger partial charge in [0.25, 0.3) is 0 Å². The van der Waals surface area contributed by atoms with Crippen LogP contribution in [0.25, 0.3) is 0 Å². The first-order valence-electron chi connectivity index (χ1n) is 3.64. The predicted octanol–water partition coefficient (Wildman–Crippen LogP) is 1.43. The largest absolute Gasteiger partial charge is 0.353 e. The van der Waals surface area contributed by atoms with E-state index in [-0.39, 0.29) is 11.9 Å². The van der Waals surface area contributed by atoms with Crippen LogP contribution in [-0.2, 0) is 4.79 Å². The van der Waals surface area contributed by atoms with Gasteiger partial charge in [-0.25, -0.2) is 0 Å². The molecular weight excluding hydrogens is 158 g/mol. The maximum absolute atomic E-state index is 11.0.